The second-order valence-corrected chi connectivity index (χ2v) is 3.98. The molecule has 1 unspecified atom stereocenters. The number of hydrogen-bond acceptors (Lipinski definition) is 3. The minimum Gasteiger partial charge on any atom is -0.394 e. The van der Waals surface area contributed by atoms with Crippen LogP contribution in [0.1, 0.15) is 11.6 Å². The number of aromatic nitrogens is 2. The number of aliphatic hydroxyl groups is 1. The number of rotatable bonds is 2. The highest BCUT2D eigenvalue weighted by Crippen LogP contribution is 2.20. The molecule has 0 spiro atoms. The number of nitrogens with zero attached hydrogens (tertiary/aromatic N) is 2. The van der Waals surface area contributed by atoms with Gasteiger partial charge in [0.25, 0.3) is 0 Å². The summed E-state index contributed by atoms with van der Waals surface area (Å²) in [6.45, 7) is -0.0755. The molecule has 3 N–H and O–H groups in total. The van der Waals surface area contributed by atoms with E-state index in [-0.39, 0.29) is 12.6 Å². The minimum absolute atomic E-state index is 0.0755. The van der Waals surface area contributed by atoms with Gasteiger partial charge in [-0.05, 0) is 12.1 Å². The van der Waals surface area contributed by atoms with Crippen LogP contribution in [-0.2, 0) is 0 Å². The summed E-state index contributed by atoms with van der Waals surface area (Å²) in [5.41, 5.74) is 7.51. The van der Waals surface area contributed by atoms with E-state index in [9.17, 15) is 0 Å². The van der Waals surface area contributed by atoms with Crippen molar-refractivity contribution in [1.82, 2.24) is 9.61 Å². The van der Waals surface area contributed by atoms with E-state index >= 15 is 0 Å². The number of fused-ring (bicyclic) bond motifs is 1. The molecule has 0 amide bonds. The Labute approximate surface area is 89.5 Å². The van der Waals surface area contributed by atoms with E-state index in [2.05, 4.69) is 21.0 Å². The molecule has 0 aliphatic carbocycles. The quantitative estimate of drug-likeness (QED) is 0.845. The first kappa shape index (κ1) is 9.64. The topological polar surface area (TPSA) is 63.5 Å². The van der Waals surface area contributed by atoms with Crippen molar-refractivity contribution in [3.05, 3.63) is 34.6 Å². The van der Waals surface area contributed by atoms with Crippen LogP contribution in [-0.4, -0.2) is 21.3 Å². The second kappa shape index (κ2) is 3.68. The summed E-state index contributed by atoms with van der Waals surface area (Å²) in [5, 5.41) is 13.1. The summed E-state index contributed by atoms with van der Waals surface area (Å²) in [4.78, 5) is 0. The van der Waals surface area contributed by atoms with Gasteiger partial charge in [0, 0.05) is 16.2 Å². The average Bonchev–Trinajstić information content (AvgIpc) is 2.59. The Balaban J connectivity index is 2.61. The molecule has 2 aromatic heterocycles. The van der Waals surface area contributed by atoms with Crippen LogP contribution in [0.3, 0.4) is 0 Å². The van der Waals surface area contributed by atoms with Crippen LogP contribution in [0.15, 0.2) is 29.0 Å². The first-order chi connectivity index (χ1) is 6.72. The van der Waals surface area contributed by atoms with Crippen LogP contribution in [0, 0.1) is 0 Å². The van der Waals surface area contributed by atoms with Gasteiger partial charge in [-0.15, -0.1) is 0 Å². The van der Waals surface area contributed by atoms with Gasteiger partial charge in [-0.1, -0.05) is 15.9 Å². The molecule has 14 heavy (non-hydrogen) atoms. The van der Waals surface area contributed by atoms with E-state index in [1.54, 1.807) is 10.7 Å². The van der Waals surface area contributed by atoms with E-state index in [1.165, 1.54) is 0 Å². The van der Waals surface area contributed by atoms with Crippen LogP contribution in [0.4, 0.5) is 0 Å². The third-order valence-corrected chi connectivity index (χ3v) is 2.60. The molecule has 0 bridgehead atoms. The zero-order valence-electron chi connectivity index (χ0n) is 7.39. The summed E-state index contributed by atoms with van der Waals surface area (Å²) < 4.78 is 2.70. The van der Waals surface area contributed by atoms with Crippen LogP contribution in [0.2, 0.25) is 0 Å². The molecule has 2 rings (SSSR count). The molecule has 0 saturated carbocycles. The Morgan fingerprint density at radius 2 is 2.43 bits per heavy atom. The Hall–Kier alpha value is -0.910. The number of halogens is 1. The van der Waals surface area contributed by atoms with Crippen LogP contribution >= 0.6 is 15.9 Å². The third-order valence-electron chi connectivity index (χ3n) is 2.11. The minimum atomic E-state index is -0.373. The predicted molar refractivity (Wildman–Crippen MR) is 56.9 cm³/mol. The van der Waals surface area contributed by atoms with Crippen molar-refractivity contribution in [3.8, 4) is 0 Å². The molecular weight excluding hydrogens is 246 g/mol. The Bertz CT molecular complexity index is 454. The highest BCUT2D eigenvalue weighted by Gasteiger charge is 2.10. The van der Waals surface area contributed by atoms with Gasteiger partial charge in [-0.2, -0.15) is 5.10 Å². The molecule has 5 heteroatoms. The lowest BCUT2D eigenvalue weighted by Gasteiger charge is -2.05. The molecule has 0 radical (unpaired) electrons. The second-order valence-electron chi connectivity index (χ2n) is 3.06. The largest absolute Gasteiger partial charge is 0.394 e. The standard InChI is InChI=1S/C9H10BrN3O/c10-6-1-2-13-9(3-6)7(4-12-13)8(11)5-14/h1-4,8,14H,5,11H2. The predicted octanol–water partition coefficient (Wildman–Crippen LogP) is 1.09. The van der Waals surface area contributed by atoms with Crippen molar-refractivity contribution < 1.29 is 5.11 Å². The maximum Gasteiger partial charge on any atom is 0.0721 e. The van der Waals surface area contributed by atoms with E-state index in [1.807, 2.05) is 18.3 Å². The zero-order valence-corrected chi connectivity index (χ0v) is 8.98. The lowest BCUT2D eigenvalue weighted by atomic mass is 10.1. The molecule has 0 aromatic carbocycles. The molecule has 1 atom stereocenters. The van der Waals surface area contributed by atoms with Crippen LogP contribution in [0.5, 0.6) is 0 Å². The van der Waals surface area contributed by atoms with E-state index in [4.69, 9.17) is 10.8 Å². The number of pyridine rings is 1. The van der Waals surface area contributed by atoms with Gasteiger partial charge in [-0.25, -0.2) is 4.52 Å². The summed E-state index contributed by atoms with van der Waals surface area (Å²) in [6, 6.07) is 3.45. The maximum atomic E-state index is 8.96. The van der Waals surface area contributed by atoms with Crippen molar-refractivity contribution >= 4 is 21.4 Å². The van der Waals surface area contributed by atoms with Gasteiger partial charge >= 0.3 is 0 Å². The molecule has 2 heterocycles. The van der Waals surface area contributed by atoms with Gasteiger partial charge < -0.3 is 10.8 Å². The van der Waals surface area contributed by atoms with E-state index < -0.39 is 0 Å². The zero-order chi connectivity index (χ0) is 10.1. The Morgan fingerprint density at radius 3 is 3.14 bits per heavy atom. The van der Waals surface area contributed by atoms with Crippen LogP contribution in [0.25, 0.3) is 5.52 Å². The molecule has 0 aliphatic heterocycles. The fourth-order valence-electron chi connectivity index (χ4n) is 1.36. The Morgan fingerprint density at radius 1 is 1.64 bits per heavy atom. The Kier molecular flexibility index (Phi) is 2.54. The van der Waals surface area contributed by atoms with Gasteiger partial charge in [0.1, 0.15) is 0 Å². The molecule has 74 valence electrons. The third kappa shape index (κ3) is 1.54. The molecule has 2 aromatic rings. The highest BCUT2D eigenvalue weighted by molar-refractivity contribution is 9.10. The average molecular weight is 256 g/mol. The number of aliphatic hydroxyl groups excluding tert-OH is 1. The van der Waals surface area contributed by atoms with Crippen molar-refractivity contribution in [2.75, 3.05) is 6.61 Å². The summed E-state index contributed by atoms with van der Waals surface area (Å²) >= 11 is 3.38. The normalized spacial score (nSPS) is 13.4. The lowest BCUT2D eigenvalue weighted by Crippen LogP contribution is -2.13. The molecule has 4 nitrogen and oxygen atoms in total. The smallest absolute Gasteiger partial charge is 0.0721 e. The van der Waals surface area contributed by atoms with Crippen molar-refractivity contribution in [3.63, 3.8) is 0 Å². The van der Waals surface area contributed by atoms with Gasteiger partial charge in [0.15, 0.2) is 0 Å². The first-order valence-corrected chi connectivity index (χ1v) is 5.01. The monoisotopic (exact) mass is 255 g/mol. The van der Waals surface area contributed by atoms with Crippen LogP contribution < -0.4 is 5.73 Å². The fraction of sp³-hybridized carbons (Fsp3) is 0.222. The molecule has 0 aliphatic rings. The lowest BCUT2D eigenvalue weighted by molar-refractivity contribution is 0.268. The molecule has 0 saturated heterocycles. The van der Waals surface area contributed by atoms with Crippen molar-refractivity contribution in [2.24, 2.45) is 5.73 Å². The molecule has 0 fully saturated rings. The number of hydrogen-bond donors (Lipinski definition) is 2. The van der Waals surface area contributed by atoms with E-state index in [0.29, 0.717) is 0 Å². The molecular formula is C9H10BrN3O. The van der Waals surface area contributed by atoms with Crippen molar-refractivity contribution in [1.29, 1.82) is 0 Å². The maximum absolute atomic E-state index is 8.96. The summed E-state index contributed by atoms with van der Waals surface area (Å²) in [5.74, 6) is 0. The SMILES string of the molecule is NC(CO)c1cnn2ccc(Br)cc12. The fourth-order valence-corrected chi connectivity index (χ4v) is 1.69. The summed E-state index contributed by atoms with van der Waals surface area (Å²) in [6.07, 6.45) is 3.52. The summed E-state index contributed by atoms with van der Waals surface area (Å²) in [7, 11) is 0. The van der Waals surface area contributed by atoms with Gasteiger partial charge in [0.05, 0.1) is 24.4 Å². The van der Waals surface area contributed by atoms with Gasteiger partial charge in [-0.3, -0.25) is 0 Å². The van der Waals surface area contributed by atoms with E-state index in [0.717, 1.165) is 15.6 Å². The van der Waals surface area contributed by atoms with Gasteiger partial charge in [0.2, 0.25) is 0 Å². The number of nitrogens with two attached hydrogens (primary N) is 1. The first-order valence-electron chi connectivity index (χ1n) is 4.21. The highest BCUT2D eigenvalue weighted by atomic mass is 79.9. The van der Waals surface area contributed by atoms with Crippen molar-refractivity contribution in [2.45, 2.75) is 6.04 Å².